The number of aryl methyl sites for hydroxylation is 1. The summed E-state index contributed by atoms with van der Waals surface area (Å²) in [7, 11) is 0. The number of anilines is 1. The van der Waals surface area contributed by atoms with Crippen molar-refractivity contribution in [3.05, 3.63) is 29.3 Å². The molecule has 4 N–H and O–H groups in total. The lowest BCUT2D eigenvalue weighted by Crippen LogP contribution is -2.46. The summed E-state index contributed by atoms with van der Waals surface area (Å²) in [5.74, 6) is -1.11. The van der Waals surface area contributed by atoms with Crippen LogP contribution in [0.5, 0.6) is 0 Å². The fraction of sp³-hybridized carbons (Fsp3) is 0.467. The quantitative estimate of drug-likeness (QED) is 0.778. The van der Waals surface area contributed by atoms with Gasteiger partial charge in [-0.3, -0.25) is 4.79 Å². The molecule has 0 spiro atoms. The minimum Gasteiger partial charge on any atom is -0.478 e. The van der Waals surface area contributed by atoms with E-state index in [0.717, 1.165) is 0 Å². The smallest absolute Gasteiger partial charge is 0.335 e. The predicted octanol–water partition coefficient (Wildman–Crippen LogP) is 1.39. The summed E-state index contributed by atoms with van der Waals surface area (Å²) >= 11 is 0. The zero-order chi connectivity index (χ0) is 15.5. The van der Waals surface area contributed by atoms with E-state index in [0.29, 0.717) is 37.3 Å². The lowest BCUT2D eigenvalue weighted by atomic mass is 9.79. The Morgan fingerprint density at radius 3 is 2.57 bits per heavy atom. The molecule has 6 heteroatoms. The van der Waals surface area contributed by atoms with E-state index >= 15 is 0 Å². The van der Waals surface area contributed by atoms with Crippen molar-refractivity contribution in [3.8, 4) is 0 Å². The number of carboxylic acid groups (broad SMARTS) is 1. The monoisotopic (exact) mass is 292 g/mol. The highest BCUT2D eigenvalue weighted by Crippen LogP contribution is 2.31. The molecule has 6 nitrogen and oxygen atoms in total. The van der Waals surface area contributed by atoms with Gasteiger partial charge in [0.05, 0.1) is 11.0 Å². The molecule has 1 aliphatic heterocycles. The predicted molar refractivity (Wildman–Crippen MR) is 78.3 cm³/mol. The van der Waals surface area contributed by atoms with Crippen molar-refractivity contribution in [2.75, 3.05) is 25.1 Å². The van der Waals surface area contributed by atoms with Gasteiger partial charge in [-0.05, 0) is 43.5 Å². The summed E-state index contributed by atoms with van der Waals surface area (Å²) in [6.07, 6.45) is 1.20. The maximum absolute atomic E-state index is 12.5. The van der Waals surface area contributed by atoms with Gasteiger partial charge in [-0.2, -0.15) is 0 Å². The first kappa shape index (κ1) is 15.5. The topological polar surface area (TPSA) is 102 Å². The van der Waals surface area contributed by atoms with Gasteiger partial charge in [0.2, 0.25) is 5.91 Å². The highest BCUT2D eigenvalue weighted by Gasteiger charge is 2.38. The summed E-state index contributed by atoms with van der Waals surface area (Å²) < 4.78 is 5.29. The van der Waals surface area contributed by atoms with Crippen LogP contribution in [-0.2, 0) is 9.53 Å². The number of aromatic carboxylic acids is 1. The third-order valence-electron chi connectivity index (χ3n) is 4.04. The summed E-state index contributed by atoms with van der Waals surface area (Å²) in [6.45, 7) is 3.03. The van der Waals surface area contributed by atoms with Crippen molar-refractivity contribution < 1.29 is 19.4 Å². The number of hydrogen-bond donors (Lipinski definition) is 3. The minimum absolute atomic E-state index is 0.129. The first-order valence-electron chi connectivity index (χ1n) is 6.92. The molecule has 0 aliphatic carbocycles. The van der Waals surface area contributed by atoms with Gasteiger partial charge in [0.1, 0.15) is 0 Å². The van der Waals surface area contributed by atoms with Gasteiger partial charge in [0, 0.05) is 25.4 Å². The van der Waals surface area contributed by atoms with Gasteiger partial charge in [-0.15, -0.1) is 0 Å². The number of nitrogens with two attached hydrogens (primary N) is 1. The summed E-state index contributed by atoms with van der Waals surface area (Å²) in [5.41, 5.74) is 6.61. The number of nitrogens with one attached hydrogen (secondary N) is 1. The van der Waals surface area contributed by atoms with Gasteiger partial charge in [0.15, 0.2) is 0 Å². The highest BCUT2D eigenvalue weighted by atomic mass is 16.5. The fourth-order valence-corrected chi connectivity index (χ4v) is 2.53. The largest absolute Gasteiger partial charge is 0.478 e. The third kappa shape index (κ3) is 3.22. The molecule has 1 aromatic rings. The Hall–Kier alpha value is -1.92. The van der Waals surface area contributed by atoms with Crippen LogP contribution in [0.3, 0.4) is 0 Å². The molecule has 2 rings (SSSR count). The standard InChI is InChI=1S/C15H20N2O4/c1-10-8-11(2-3-12(10)13(18)19)17-14(20)15(9-16)4-6-21-7-5-15/h2-3,8H,4-7,9,16H2,1H3,(H,17,20)(H,18,19). The molecule has 21 heavy (non-hydrogen) atoms. The molecule has 1 saturated heterocycles. The molecule has 1 fully saturated rings. The van der Waals surface area contributed by atoms with Crippen LogP contribution in [0.1, 0.15) is 28.8 Å². The first-order valence-corrected chi connectivity index (χ1v) is 6.92. The number of rotatable bonds is 4. The number of amides is 1. The Morgan fingerprint density at radius 2 is 2.05 bits per heavy atom. The molecular weight excluding hydrogens is 272 g/mol. The zero-order valence-corrected chi connectivity index (χ0v) is 12.0. The average molecular weight is 292 g/mol. The lowest BCUT2D eigenvalue weighted by Gasteiger charge is -2.34. The van der Waals surface area contributed by atoms with Crippen molar-refractivity contribution in [1.82, 2.24) is 0 Å². The van der Waals surface area contributed by atoms with Gasteiger partial charge >= 0.3 is 5.97 Å². The molecule has 114 valence electrons. The van der Waals surface area contributed by atoms with Crippen molar-refractivity contribution >= 4 is 17.6 Å². The number of ether oxygens (including phenoxy) is 1. The van der Waals surface area contributed by atoms with E-state index in [-0.39, 0.29) is 18.0 Å². The van der Waals surface area contributed by atoms with E-state index in [4.69, 9.17) is 15.6 Å². The van der Waals surface area contributed by atoms with Crippen LogP contribution in [0.15, 0.2) is 18.2 Å². The van der Waals surface area contributed by atoms with Gasteiger partial charge < -0.3 is 20.9 Å². The van der Waals surface area contributed by atoms with Crippen LogP contribution in [0, 0.1) is 12.3 Å². The van der Waals surface area contributed by atoms with Crippen LogP contribution < -0.4 is 11.1 Å². The van der Waals surface area contributed by atoms with E-state index in [9.17, 15) is 9.59 Å². The SMILES string of the molecule is Cc1cc(NC(=O)C2(CN)CCOCC2)ccc1C(=O)O. The number of hydrogen-bond acceptors (Lipinski definition) is 4. The molecule has 0 atom stereocenters. The molecule has 1 amide bonds. The van der Waals surface area contributed by atoms with E-state index < -0.39 is 11.4 Å². The zero-order valence-electron chi connectivity index (χ0n) is 12.0. The Morgan fingerprint density at radius 1 is 1.38 bits per heavy atom. The molecule has 0 unspecified atom stereocenters. The van der Waals surface area contributed by atoms with Crippen LogP contribution in [0.4, 0.5) is 5.69 Å². The second kappa shape index (κ2) is 6.24. The van der Waals surface area contributed by atoms with Gasteiger partial charge in [-0.25, -0.2) is 4.79 Å². The Labute approximate surface area is 123 Å². The summed E-state index contributed by atoms with van der Waals surface area (Å²) in [4.78, 5) is 23.5. The molecule has 0 aromatic heterocycles. The van der Waals surface area contributed by atoms with E-state index in [2.05, 4.69) is 5.32 Å². The normalized spacial score (nSPS) is 17.2. The van der Waals surface area contributed by atoms with Crippen molar-refractivity contribution in [1.29, 1.82) is 0 Å². The van der Waals surface area contributed by atoms with Gasteiger partial charge in [0.25, 0.3) is 0 Å². The summed E-state index contributed by atoms with van der Waals surface area (Å²) in [5, 5.41) is 11.8. The van der Waals surface area contributed by atoms with Crippen molar-refractivity contribution in [2.45, 2.75) is 19.8 Å². The maximum Gasteiger partial charge on any atom is 0.335 e. The average Bonchev–Trinajstić information content (AvgIpc) is 2.47. The highest BCUT2D eigenvalue weighted by molar-refractivity contribution is 5.96. The fourth-order valence-electron chi connectivity index (χ4n) is 2.53. The van der Waals surface area contributed by atoms with Crippen LogP contribution in [-0.4, -0.2) is 36.7 Å². The molecular formula is C15H20N2O4. The number of carbonyl (C=O) groups is 2. The van der Waals surface area contributed by atoms with Crippen molar-refractivity contribution in [3.63, 3.8) is 0 Å². The molecule has 0 radical (unpaired) electrons. The van der Waals surface area contributed by atoms with E-state index in [1.807, 2.05) is 0 Å². The van der Waals surface area contributed by atoms with E-state index in [1.54, 1.807) is 19.1 Å². The Bertz CT molecular complexity index is 551. The molecule has 0 bridgehead atoms. The van der Waals surface area contributed by atoms with Crippen LogP contribution in [0.25, 0.3) is 0 Å². The van der Waals surface area contributed by atoms with Crippen LogP contribution >= 0.6 is 0 Å². The number of benzene rings is 1. The molecule has 1 aliphatic rings. The second-order valence-electron chi connectivity index (χ2n) is 5.39. The van der Waals surface area contributed by atoms with Crippen molar-refractivity contribution in [2.24, 2.45) is 11.1 Å². The Kier molecular flexibility index (Phi) is 4.59. The first-order chi connectivity index (χ1) is 9.98. The summed E-state index contributed by atoms with van der Waals surface area (Å²) in [6, 6.07) is 4.75. The van der Waals surface area contributed by atoms with E-state index in [1.165, 1.54) is 6.07 Å². The number of carbonyl (C=O) groups excluding carboxylic acids is 1. The Balaban J connectivity index is 2.15. The minimum atomic E-state index is -0.978. The van der Waals surface area contributed by atoms with Gasteiger partial charge in [-0.1, -0.05) is 0 Å². The van der Waals surface area contributed by atoms with Crippen LogP contribution in [0.2, 0.25) is 0 Å². The second-order valence-corrected chi connectivity index (χ2v) is 5.39. The number of carboxylic acids is 1. The maximum atomic E-state index is 12.5. The molecule has 1 heterocycles. The molecule has 1 aromatic carbocycles. The third-order valence-corrected chi connectivity index (χ3v) is 4.04. The molecule has 0 saturated carbocycles. The lowest BCUT2D eigenvalue weighted by molar-refractivity contribution is -0.130.